The van der Waals surface area contributed by atoms with Gasteiger partial charge in [-0.3, -0.25) is 20.4 Å². The Labute approximate surface area is 150 Å². The lowest BCUT2D eigenvalue weighted by atomic mass is 9.83. The van der Waals surface area contributed by atoms with Crippen molar-refractivity contribution in [2.75, 3.05) is 6.54 Å². The number of quaternary nitrogens is 1. The lowest BCUT2D eigenvalue weighted by Gasteiger charge is -2.23. The summed E-state index contributed by atoms with van der Waals surface area (Å²) in [4.78, 5) is 22.7. The van der Waals surface area contributed by atoms with E-state index in [1.54, 1.807) is 0 Å². The fourth-order valence-corrected chi connectivity index (χ4v) is 3.66. The molecule has 1 aliphatic rings. The number of carbonyl (C=O) groups is 2. The number of benzene rings is 1. The number of amides is 2. The van der Waals surface area contributed by atoms with Gasteiger partial charge in [0.15, 0.2) is 6.54 Å². The van der Waals surface area contributed by atoms with E-state index in [2.05, 4.69) is 49.0 Å². The third kappa shape index (κ3) is 6.16. The van der Waals surface area contributed by atoms with Crippen molar-refractivity contribution >= 4 is 11.8 Å². The summed E-state index contributed by atoms with van der Waals surface area (Å²) in [6.45, 7) is 5.99. The standard InChI is InChI=1S/C20H31N3O2/c1-14(2)20(21-13-19(25)23-22-15(3)24)18-11-9-17(10-12-18)16-7-5-4-6-8-16/h9-12,14,16,20-21H,4-8,13H2,1-3H3,(H,22,24)(H,23,25)/p+1/t20-/m0/s1. The lowest BCUT2D eigenvalue weighted by molar-refractivity contribution is -0.692. The minimum absolute atomic E-state index is 0.195. The van der Waals surface area contributed by atoms with Gasteiger partial charge in [0.05, 0.1) is 0 Å². The fourth-order valence-electron chi connectivity index (χ4n) is 3.66. The van der Waals surface area contributed by atoms with Crippen LogP contribution in [0, 0.1) is 5.92 Å². The Kier molecular flexibility index (Phi) is 7.44. The average molecular weight is 346 g/mol. The van der Waals surface area contributed by atoms with E-state index < -0.39 is 0 Å². The van der Waals surface area contributed by atoms with Crippen LogP contribution in [0.1, 0.15) is 76.0 Å². The second kappa shape index (κ2) is 9.56. The van der Waals surface area contributed by atoms with Gasteiger partial charge in [0.25, 0.3) is 5.91 Å². The van der Waals surface area contributed by atoms with Gasteiger partial charge in [0, 0.05) is 18.4 Å². The molecule has 0 aliphatic heterocycles. The normalized spacial score (nSPS) is 16.5. The second-order valence-corrected chi connectivity index (χ2v) is 7.44. The molecule has 2 amide bonds. The minimum atomic E-state index is -0.271. The maximum absolute atomic E-state index is 11.8. The Balaban J connectivity index is 1.94. The van der Waals surface area contributed by atoms with Crippen LogP contribution in [-0.4, -0.2) is 18.4 Å². The van der Waals surface area contributed by atoms with E-state index >= 15 is 0 Å². The number of carbonyl (C=O) groups excluding carboxylic acids is 2. The molecule has 1 saturated carbocycles. The van der Waals surface area contributed by atoms with Gasteiger partial charge >= 0.3 is 0 Å². The molecule has 5 heteroatoms. The highest BCUT2D eigenvalue weighted by Crippen LogP contribution is 2.33. The first-order valence-corrected chi connectivity index (χ1v) is 9.46. The highest BCUT2D eigenvalue weighted by molar-refractivity contribution is 5.81. The number of nitrogens with one attached hydrogen (secondary N) is 2. The Morgan fingerprint density at radius 1 is 1.08 bits per heavy atom. The Bertz CT molecular complexity index is 563. The van der Waals surface area contributed by atoms with Gasteiger partial charge in [0.2, 0.25) is 5.91 Å². The second-order valence-electron chi connectivity index (χ2n) is 7.44. The summed E-state index contributed by atoms with van der Waals surface area (Å²) in [7, 11) is 0. The van der Waals surface area contributed by atoms with Crippen LogP contribution >= 0.6 is 0 Å². The zero-order chi connectivity index (χ0) is 18.2. The molecule has 1 atom stereocenters. The van der Waals surface area contributed by atoms with E-state index in [0.29, 0.717) is 11.8 Å². The molecule has 2 rings (SSSR count). The van der Waals surface area contributed by atoms with E-state index in [-0.39, 0.29) is 24.4 Å². The molecule has 0 saturated heterocycles. The first kappa shape index (κ1) is 19.4. The predicted octanol–water partition coefficient (Wildman–Crippen LogP) is 2.16. The van der Waals surface area contributed by atoms with Crippen molar-refractivity contribution in [1.82, 2.24) is 10.9 Å². The van der Waals surface area contributed by atoms with Crippen molar-refractivity contribution in [3.8, 4) is 0 Å². The molecular formula is C20H32N3O2+. The largest absolute Gasteiger partial charge is 0.332 e. The van der Waals surface area contributed by atoms with Crippen LogP contribution in [0.5, 0.6) is 0 Å². The zero-order valence-corrected chi connectivity index (χ0v) is 15.7. The van der Waals surface area contributed by atoms with Crippen LogP contribution in [0.15, 0.2) is 24.3 Å². The van der Waals surface area contributed by atoms with Crippen LogP contribution in [0.3, 0.4) is 0 Å². The molecule has 0 unspecified atom stereocenters. The summed E-state index contributed by atoms with van der Waals surface area (Å²) in [5.41, 5.74) is 7.44. The van der Waals surface area contributed by atoms with Crippen molar-refractivity contribution in [2.24, 2.45) is 5.92 Å². The number of hydrogen-bond donors (Lipinski definition) is 3. The van der Waals surface area contributed by atoms with Crippen LogP contribution in [0.25, 0.3) is 0 Å². The molecule has 0 spiro atoms. The molecule has 0 heterocycles. The first-order chi connectivity index (χ1) is 12.0. The van der Waals surface area contributed by atoms with Gasteiger partial charge in [-0.05, 0) is 24.3 Å². The predicted molar refractivity (Wildman–Crippen MR) is 98.6 cm³/mol. The quantitative estimate of drug-likeness (QED) is 0.691. The van der Waals surface area contributed by atoms with Crippen molar-refractivity contribution in [3.63, 3.8) is 0 Å². The maximum atomic E-state index is 11.8. The average Bonchev–Trinajstić information content (AvgIpc) is 2.61. The lowest BCUT2D eigenvalue weighted by Crippen LogP contribution is -2.88. The number of rotatable bonds is 6. The summed E-state index contributed by atoms with van der Waals surface area (Å²) in [6, 6.07) is 9.20. The number of hydrazine groups is 1. The van der Waals surface area contributed by atoms with Crippen molar-refractivity contribution < 1.29 is 14.9 Å². The Morgan fingerprint density at radius 2 is 1.72 bits per heavy atom. The Morgan fingerprint density at radius 3 is 2.28 bits per heavy atom. The van der Waals surface area contributed by atoms with E-state index in [1.807, 2.05) is 5.32 Å². The first-order valence-electron chi connectivity index (χ1n) is 9.46. The van der Waals surface area contributed by atoms with E-state index in [4.69, 9.17) is 0 Å². The van der Waals surface area contributed by atoms with Crippen LogP contribution < -0.4 is 16.2 Å². The van der Waals surface area contributed by atoms with E-state index in [1.165, 1.54) is 50.2 Å². The van der Waals surface area contributed by atoms with Gasteiger partial charge in [-0.25, -0.2) is 0 Å². The van der Waals surface area contributed by atoms with Crippen molar-refractivity contribution in [3.05, 3.63) is 35.4 Å². The third-order valence-electron chi connectivity index (χ3n) is 5.05. The summed E-state index contributed by atoms with van der Waals surface area (Å²) < 4.78 is 0. The van der Waals surface area contributed by atoms with E-state index in [9.17, 15) is 9.59 Å². The number of hydrogen-bond acceptors (Lipinski definition) is 2. The fraction of sp³-hybridized carbons (Fsp3) is 0.600. The third-order valence-corrected chi connectivity index (χ3v) is 5.05. The van der Waals surface area contributed by atoms with Crippen molar-refractivity contribution in [2.45, 2.75) is 64.8 Å². The van der Waals surface area contributed by atoms with Crippen LogP contribution in [-0.2, 0) is 9.59 Å². The topological polar surface area (TPSA) is 74.8 Å². The Hall–Kier alpha value is -1.88. The van der Waals surface area contributed by atoms with Gasteiger partial charge in [-0.2, -0.15) is 0 Å². The highest BCUT2D eigenvalue weighted by Gasteiger charge is 2.21. The summed E-state index contributed by atoms with van der Waals surface area (Å²) in [6.07, 6.45) is 6.68. The summed E-state index contributed by atoms with van der Waals surface area (Å²) in [5, 5.41) is 2.04. The molecule has 5 nitrogen and oxygen atoms in total. The minimum Gasteiger partial charge on any atom is -0.332 e. The molecule has 0 aromatic heterocycles. The molecule has 0 bridgehead atoms. The van der Waals surface area contributed by atoms with Gasteiger partial charge in [-0.15, -0.1) is 0 Å². The molecule has 1 fully saturated rings. The number of nitrogens with two attached hydrogens (primary N) is 1. The highest BCUT2D eigenvalue weighted by atomic mass is 16.2. The van der Waals surface area contributed by atoms with Crippen LogP contribution in [0.2, 0.25) is 0 Å². The van der Waals surface area contributed by atoms with E-state index in [0.717, 1.165) is 0 Å². The molecule has 1 aromatic rings. The molecule has 1 aromatic carbocycles. The van der Waals surface area contributed by atoms with Gasteiger partial charge in [0.1, 0.15) is 6.04 Å². The zero-order valence-electron chi connectivity index (χ0n) is 15.7. The SMILES string of the molecule is CC(=O)NNC(=O)C[NH2+][C@H](c1ccc(C2CCCCC2)cc1)C(C)C. The smallest absolute Gasteiger partial charge is 0.293 e. The molecule has 1 aliphatic carbocycles. The van der Waals surface area contributed by atoms with Crippen molar-refractivity contribution in [1.29, 1.82) is 0 Å². The maximum Gasteiger partial charge on any atom is 0.293 e. The molecule has 4 N–H and O–H groups in total. The molecule has 0 radical (unpaired) electrons. The monoisotopic (exact) mass is 346 g/mol. The molecule has 138 valence electrons. The summed E-state index contributed by atoms with van der Waals surface area (Å²) >= 11 is 0. The summed E-state index contributed by atoms with van der Waals surface area (Å²) in [5.74, 6) is 0.661. The van der Waals surface area contributed by atoms with Crippen LogP contribution in [0.4, 0.5) is 0 Å². The molecule has 25 heavy (non-hydrogen) atoms. The van der Waals surface area contributed by atoms with Gasteiger partial charge < -0.3 is 5.32 Å². The molecular weight excluding hydrogens is 314 g/mol. The van der Waals surface area contributed by atoms with Gasteiger partial charge in [-0.1, -0.05) is 57.4 Å².